The second kappa shape index (κ2) is 5.24. The molecular formula is C12H16ClNS. The van der Waals surface area contributed by atoms with Gasteiger partial charge in [-0.2, -0.15) is 11.8 Å². The third kappa shape index (κ3) is 3.13. The van der Waals surface area contributed by atoms with Gasteiger partial charge >= 0.3 is 0 Å². The molecule has 82 valence electrons. The van der Waals surface area contributed by atoms with E-state index in [2.05, 4.69) is 24.4 Å². The number of rotatable bonds is 3. The van der Waals surface area contributed by atoms with Gasteiger partial charge in [-0.05, 0) is 36.8 Å². The van der Waals surface area contributed by atoms with Crippen molar-refractivity contribution in [3.05, 3.63) is 34.9 Å². The summed E-state index contributed by atoms with van der Waals surface area (Å²) < 4.78 is 0. The maximum Gasteiger partial charge on any atom is 0.0406 e. The van der Waals surface area contributed by atoms with Crippen molar-refractivity contribution in [1.82, 2.24) is 5.32 Å². The average molecular weight is 242 g/mol. The van der Waals surface area contributed by atoms with Crippen LogP contribution in [0.25, 0.3) is 0 Å². The summed E-state index contributed by atoms with van der Waals surface area (Å²) in [6.07, 6.45) is 1.29. The fourth-order valence-corrected chi connectivity index (χ4v) is 3.16. The first-order valence-corrected chi connectivity index (χ1v) is 6.88. The quantitative estimate of drug-likeness (QED) is 0.870. The standard InChI is InChI=1S/C12H16ClNS/c1-9(14-12-6-7-15-8-12)10-2-4-11(13)5-3-10/h2-5,9,12,14H,6-8H2,1H3/t9-,12?/m0/s1. The van der Waals surface area contributed by atoms with E-state index >= 15 is 0 Å². The van der Waals surface area contributed by atoms with Crippen LogP contribution in [0, 0.1) is 0 Å². The van der Waals surface area contributed by atoms with Crippen LogP contribution in [0.1, 0.15) is 24.9 Å². The molecule has 2 rings (SSSR count). The lowest BCUT2D eigenvalue weighted by atomic mass is 10.1. The van der Waals surface area contributed by atoms with E-state index in [9.17, 15) is 0 Å². The Morgan fingerprint density at radius 3 is 2.73 bits per heavy atom. The lowest BCUT2D eigenvalue weighted by molar-refractivity contribution is 0.486. The van der Waals surface area contributed by atoms with Crippen LogP contribution in [0.2, 0.25) is 5.02 Å². The largest absolute Gasteiger partial charge is 0.307 e. The highest BCUT2D eigenvalue weighted by Crippen LogP contribution is 2.22. The molecule has 3 heteroatoms. The van der Waals surface area contributed by atoms with Crippen molar-refractivity contribution in [2.45, 2.75) is 25.4 Å². The third-order valence-electron chi connectivity index (χ3n) is 2.79. The first-order chi connectivity index (χ1) is 7.25. The summed E-state index contributed by atoms with van der Waals surface area (Å²) in [7, 11) is 0. The maximum atomic E-state index is 5.86. The lowest BCUT2D eigenvalue weighted by Gasteiger charge is -2.19. The minimum Gasteiger partial charge on any atom is -0.307 e. The van der Waals surface area contributed by atoms with Gasteiger partial charge < -0.3 is 5.32 Å². The Morgan fingerprint density at radius 2 is 2.13 bits per heavy atom. The molecule has 0 aromatic heterocycles. The molecule has 0 saturated carbocycles. The Morgan fingerprint density at radius 1 is 1.40 bits per heavy atom. The maximum absolute atomic E-state index is 5.86. The molecule has 1 fully saturated rings. The molecule has 1 aromatic carbocycles. The summed E-state index contributed by atoms with van der Waals surface area (Å²) in [6.45, 7) is 2.21. The van der Waals surface area contributed by atoms with E-state index in [0.29, 0.717) is 12.1 Å². The van der Waals surface area contributed by atoms with E-state index in [1.54, 1.807) is 0 Å². The van der Waals surface area contributed by atoms with Crippen molar-refractivity contribution in [2.75, 3.05) is 11.5 Å². The average Bonchev–Trinajstić information content (AvgIpc) is 2.71. The van der Waals surface area contributed by atoms with Crippen molar-refractivity contribution in [3.63, 3.8) is 0 Å². The molecule has 0 bridgehead atoms. The first kappa shape index (κ1) is 11.3. The van der Waals surface area contributed by atoms with E-state index < -0.39 is 0 Å². The van der Waals surface area contributed by atoms with Crippen molar-refractivity contribution in [3.8, 4) is 0 Å². The van der Waals surface area contributed by atoms with Gasteiger partial charge in [0.05, 0.1) is 0 Å². The Hall–Kier alpha value is -0.180. The van der Waals surface area contributed by atoms with Gasteiger partial charge in [-0.3, -0.25) is 0 Å². The van der Waals surface area contributed by atoms with Gasteiger partial charge in [0.1, 0.15) is 0 Å². The summed E-state index contributed by atoms with van der Waals surface area (Å²) in [5.41, 5.74) is 1.32. The Labute approximate surface area is 101 Å². The van der Waals surface area contributed by atoms with Crippen LogP contribution < -0.4 is 5.32 Å². The van der Waals surface area contributed by atoms with E-state index in [4.69, 9.17) is 11.6 Å². The fraction of sp³-hybridized carbons (Fsp3) is 0.500. The monoisotopic (exact) mass is 241 g/mol. The van der Waals surface area contributed by atoms with Crippen molar-refractivity contribution >= 4 is 23.4 Å². The van der Waals surface area contributed by atoms with Crippen LogP contribution >= 0.6 is 23.4 Å². The molecule has 1 aliphatic heterocycles. The summed E-state index contributed by atoms with van der Waals surface area (Å²) in [4.78, 5) is 0. The normalized spacial score (nSPS) is 22.9. The second-order valence-corrected chi connectivity index (χ2v) is 5.59. The molecule has 1 aliphatic rings. The van der Waals surface area contributed by atoms with Crippen LogP contribution in [0.3, 0.4) is 0 Å². The molecule has 1 unspecified atom stereocenters. The van der Waals surface area contributed by atoms with E-state index in [1.807, 2.05) is 23.9 Å². The highest BCUT2D eigenvalue weighted by Gasteiger charge is 2.17. The number of thioether (sulfide) groups is 1. The summed E-state index contributed by atoms with van der Waals surface area (Å²) in [5.74, 6) is 2.54. The Balaban J connectivity index is 1.94. The van der Waals surface area contributed by atoms with Gasteiger partial charge in [-0.1, -0.05) is 23.7 Å². The molecule has 0 radical (unpaired) electrons. The zero-order valence-corrected chi connectivity index (χ0v) is 10.4. The Bertz CT molecular complexity index is 306. The van der Waals surface area contributed by atoms with Gasteiger partial charge in [-0.15, -0.1) is 0 Å². The molecule has 0 aliphatic carbocycles. The van der Waals surface area contributed by atoms with E-state index in [0.717, 1.165) is 5.02 Å². The van der Waals surface area contributed by atoms with Crippen LogP contribution in [-0.2, 0) is 0 Å². The van der Waals surface area contributed by atoms with Gasteiger partial charge in [0, 0.05) is 22.9 Å². The van der Waals surface area contributed by atoms with Gasteiger partial charge in [0.2, 0.25) is 0 Å². The number of benzene rings is 1. The van der Waals surface area contributed by atoms with E-state index in [-0.39, 0.29) is 0 Å². The zero-order chi connectivity index (χ0) is 10.7. The molecule has 0 amide bonds. The molecule has 15 heavy (non-hydrogen) atoms. The topological polar surface area (TPSA) is 12.0 Å². The first-order valence-electron chi connectivity index (χ1n) is 5.35. The van der Waals surface area contributed by atoms with Crippen molar-refractivity contribution in [2.24, 2.45) is 0 Å². The van der Waals surface area contributed by atoms with Crippen LogP contribution in [-0.4, -0.2) is 17.5 Å². The highest BCUT2D eigenvalue weighted by molar-refractivity contribution is 7.99. The van der Waals surface area contributed by atoms with Crippen LogP contribution in [0.5, 0.6) is 0 Å². The lowest BCUT2D eigenvalue weighted by Crippen LogP contribution is -2.31. The predicted octanol–water partition coefficient (Wildman–Crippen LogP) is 3.50. The molecule has 1 aromatic rings. The fourth-order valence-electron chi connectivity index (χ4n) is 1.87. The molecular weight excluding hydrogens is 226 g/mol. The van der Waals surface area contributed by atoms with Crippen molar-refractivity contribution < 1.29 is 0 Å². The van der Waals surface area contributed by atoms with Gasteiger partial charge in [-0.25, -0.2) is 0 Å². The Kier molecular flexibility index (Phi) is 3.95. The second-order valence-electron chi connectivity index (χ2n) is 4.00. The number of hydrogen-bond acceptors (Lipinski definition) is 2. The predicted molar refractivity (Wildman–Crippen MR) is 68.7 cm³/mol. The molecule has 1 saturated heterocycles. The van der Waals surface area contributed by atoms with Crippen LogP contribution in [0.4, 0.5) is 0 Å². The minimum atomic E-state index is 0.422. The van der Waals surface area contributed by atoms with Crippen LogP contribution in [0.15, 0.2) is 24.3 Å². The molecule has 0 spiro atoms. The van der Waals surface area contributed by atoms with E-state index in [1.165, 1.54) is 23.5 Å². The molecule has 2 atom stereocenters. The summed E-state index contributed by atoms with van der Waals surface area (Å²) in [6, 6.07) is 9.22. The minimum absolute atomic E-state index is 0.422. The van der Waals surface area contributed by atoms with Gasteiger partial charge in [0.25, 0.3) is 0 Å². The number of halogens is 1. The summed E-state index contributed by atoms with van der Waals surface area (Å²) >= 11 is 7.90. The van der Waals surface area contributed by atoms with Crippen molar-refractivity contribution in [1.29, 1.82) is 0 Å². The number of hydrogen-bond donors (Lipinski definition) is 1. The highest BCUT2D eigenvalue weighted by atomic mass is 35.5. The number of nitrogens with one attached hydrogen (secondary N) is 1. The van der Waals surface area contributed by atoms with Gasteiger partial charge in [0.15, 0.2) is 0 Å². The zero-order valence-electron chi connectivity index (χ0n) is 8.87. The third-order valence-corrected chi connectivity index (χ3v) is 4.20. The smallest absolute Gasteiger partial charge is 0.0406 e. The SMILES string of the molecule is C[C@H](NC1CCSC1)c1ccc(Cl)cc1. The molecule has 1 N–H and O–H groups in total. The molecule has 1 nitrogen and oxygen atoms in total. The molecule has 1 heterocycles. The summed E-state index contributed by atoms with van der Waals surface area (Å²) in [5, 5.41) is 4.46.